The third kappa shape index (κ3) is 3.62. The second-order valence-corrected chi connectivity index (χ2v) is 7.95. The molecule has 8 heteroatoms. The van der Waals surface area contributed by atoms with Gasteiger partial charge in [-0.25, -0.2) is 9.98 Å². The summed E-state index contributed by atoms with van der Waals surface area (Å²) in [5.41, 5.74) is 1.13. The Morgan fingerprint density at radius 3 is 2.39 bits per heavy atom. The summed E-state index contributed by atoms with van der Waals surface area (Å²) in [7, 11) is 0. The quantitative estimate of drug-likeness (QED) is 0.571. The maximum Gasteiger partial charge on any atom is 0.242 e. The largest absolute Gasteiger partial charge is 0.494 e. The van der Waals surface area contributed by atoms with Crippen molar-refractivity contribution in [2.75, 3.05) is 13.1 Å². The Bertz CT molecular complexity index is 1360. The molecule has 7 nitrogen and oxygen atoms in total. The van der Waals surface area contributed by atoms with Crippen LogP contribution in [0.5, 0.6) is 5.88 Å². The summed E-state index contributed by atoms with van der Waals surface area (Å²) in [6.07, 6.45) is 0. The molecule has 0 aliphatic carbocycles. The van der Waals surface area contributed by atoms with E-state index < -0.39 is 0 Å². The second kappa shape index (κ2) is 8.36. The van der Waals surface area contributed by atoms with Crippen molar-refractivity contribution in [1.82, 2.24) is 9.47 Å². The predicted molar refractivity (Wildman–Crippen MR) is 121 cm³/mol. The number of hydrogen-bond donors (Lipinski definition) is 1. The summed E-state index contributed by atoms with van der Waals surface area (Å²) in [5.74, 6) is -0.0208. The normalized spacial score (nSPS) is 12.1. The highest BCUT2D eigenvalue weighted by molar-refractivity contribution is 9.10. The highest BCUT2D eigenvalue weighted by Gasteiger charge is 2.25. The number of allylic oxidation sites excluding steroid dienone is 1. The van der Waals surface area contributed by atoms with Gasteiger partial charge >= 0.3 is 0 Å². The zero-order valence-electron chi connectivity index (χ0n) is 17.1. The van der Waals surface area contributed by atoms with Crippen LogP contribution in [0, 0.1) is 11.3 Å². The van der Waals surface area contributed by atoms with Crippen LogP contribution in [0.1, 0.15) is 19.4 Å². The molecule has 1 aliphatic heterocycles. The molecule has 1 aliphatic rings. The Labute approximate surface area is 187 Å². The summed E-state index contributed by atoms with van der Waals surface area (Å²) in [6, 6.07) is 15.0. The van der Waals surface area contributed by atoms with Gasteiger partial charge in [0, 0.05) is 22.9 Å². The summed E-state index contributed by atoms with van der Waals surface area (Å²) in [4.78, 5) is 23.4. The number of benzene rings is 2. The zero-order valence-corrected chi connectivity index (χ0v) is 18.7. The molecule has 0 unspecified atom stereocenters. The molecule has 2 heterocycles. The van der Waals surface area contributed by atoms with Crippen molar-refractivity contribution in [3.05, 3.63) is 69.0 Å². The molecule has 3 aromatic rings. The molecular formula is C23H20BrN5O2. The topological polar surface area (TPSA) is 94.0 Å². The minimum Gasteiger partial charge on any atom is -0.494 e. The van der Waals surface area contributed by atoms with E-state index in [0.717, 1.165) is 4.47 Å². The average molecular weight is 478 g/mol. The zero-order chi connectivity index (χ0) is 22.1. The van der Waals surface area contributed by atoms with Gasteiger partial charge in [0.15, 0.2) is 5.82 Å². The fourth-order valence-corrected chi connectivity index (χ4v) is 4.13. The second-order valence-electron chi connectivity index (χ2n) is 7.03. The molecule has 0 bridgehead atoms. The standard InChI is InChI=1S/C23H20BrN5O2/c1-3-28(4-2)20(30)13-29-19-10-9-14(24)11-15(19)21(23(29)31)16(12-25)22-26-17-7-5-6-8-18(17)27-22/h5-11,31H,3-4,13H2,1-2H3. The first-order chi connectivity index (χ1) is 15.0. The third-order valence-electron chi connectivity index (χ3n) is 5.33. The Kier molecular flexibility index (Phi) is 5.61. The third-order valence-corrected chi connectivity index (χ3v) is 5.82. The van der Waals surface area contributed by atoms with Crippen molar-refractivity contribution in [1.29, 1.82) is 5.26 Å². The van der Waals surface area contributed by atoms with Crippen molar-refractivity contribution >= 4 is 38.3 Å². The number of aromatic nitrogens is 1. The number of nitriles is 1. The molecule has 0 radical (unpaired) electrons. The molecule has 0 atom stereocenters. The number of aromatic hydroxyl groups is 1. The van der Waals surface area contributed by atoms with Gasteiger partial charge < -0.3 is 14.6 Å². The fraction of sp³-hybridized carbons (Fsp3) is 0.217. The maximum atomic E-state index is 12.8. The summed E-state index contributed by atoms with van der Waals surface area (Å²) >= 11 is 3.46. The highest BCUT2D eigenvalue weighted by Crippen LogP contribution is 2.39. The van der Waals surface area contributed by atoms with E-state index in [2.05, 4.69) is 32.0 Å². The first-order valence-corrected chi connectivity index (χ1v) is 10.7. The van der Waals surface area contributed by atoms with Crippen molar-refractivity contribution in [2.45, 2.75) is 20.4 Å². The van der Waals surface area contributed by atoms with Gasteiger partial charge in [-0.05, 0) is 44.2 Å². The number of nitrogens with zero attached hydrogens (tertiary/aromatic N) is 5. The lowest BCUT2D eigenvalue weighted by atomic mass is 10.1. The van der Waals surface area contributed by atoms with Gasteiger partial charge in [0.25, 0.3) is 0 Å². The lowest BCUT2D eigenvalue weighted by Crippen LogP contribution is -2.33. The number of amides is 1. The van der Waals surface area contributed by atoms with Gasteiger partial charge in [-0.3, -0.25) is 4.79 Å². The molecule has 0 saturated carbocycles. The lowest BCUT2D eigenvalue weighted by molar-refractivity contribution is -0.131. The first kappa shape index (κ1) is 20.8. The lowest BCUT2D eigenvalue weighted by Gasteiger charge is -2.19. The van der Waals surface area contributed by atoms with Crippen LogP contribution >= 0.6 is 15.9 Å². The molecule has 2 aromatic carbocycles. The first-order valence-electron chi connectivity index (χ1n) is 9.94. The van der Waals surface area contributed by atoms with Crippen LogP contribution in [0.25, 0.3) is 16.5 Å². The number of halogens is 1. The van der Waals surface area contributed by atoms with E-state index in [1.165, 1.54) is 4.57 Å². The molecule has 0 spiro atoms. The van der Waals surface area contributed by atoms with Crippen molar-refractivity contribution in [3.63, 3.8) is 0 Å². The number of para-hydroxylation sites is 2. The SMILES string of the molecule is CCN(CC)C(=O)Cn1c(O)c(C(C#N)=C2N=c3ccccc3=N2)c2cc(Br)ccc21. The molecular weight excluding hydrogens is 458 g/mol. The van der Waals surface area contributed by atoms with Crippen LogP contribution in [-0.4, -0.2) is 33.6 Å². The molecule has 31 heavy (non-hydrogen) atoms. The molecule has 4 rings (SSSR count). The van der Waals surface area contributed by atoms with E-state index in [0.29, 0.717) is 40.3 Å². The van der Waals surface area contributed by atoms with E-state index >= 15 is 0 Å². The van der Waals surface area contributed by atoms with E-state index in [-0.39, 0.29) is 29.7 Å². The van der Waals surface area contributed by atoms with Crippen LogP contribution in [0.3, 0.4) is 0 Å². The number of rotatable bonds is 5. The minimum absolute atomic E-state index is 0.0335. The Morgan fingerprint density at radius 1 is 1.16 bits per heavy atom. The van der Waals surface area contributed by atoms with Crippen LogP contribution in [0.4, 0.5) is 0 Å². The number of likely N-dealkylation sites (N-methyl/N-ethyl adjacent to an activating group) is 1. The van der Waals surface area contributed by atoms with Gasteiger partial charge in [0.05, 0.1) is 21.8 Å². The van der Waals surface area contributed by atoms with Crippen molar-refractivity contribution in [3.8, 4) is 11.9 Å². The fourth-order valence-electron chi connectivity index (χ4n) is 3.77. The molecule has 0 fully saturated rings. The molecule has 1 amide bonds. The Hall–Kier alpha value is -3.44. The van der Waals surface area contributed by atoms with E-state index in [1.807, 2.05) is 56.3 Å². The van der Waals surface area contributed by atoms with E-state index in [1.54, 1.807) is 4.90 Å². The van der Waals surface area contributed by atoms with Crippen molar-refractivity contribution < 1.29 is 9.90 Å². The van der Waals surface area contributed by atoms with Crippen molar-refractivity contribution in [2.24, 2.45) is 9.98 Å². The van der Waals surface area contributed by atoms with Gasteiger partial charge in [-0.1, -0.05) is 28.1 Å². The van der Waals surface area contributed by atoms with Gasteiger partial charge in [0.2, 0.25) is 11.8 Å². The predicted octanol–water partition coefficient (Wildman–Crippen LogP) is 3.12. The summed E-state index contributed by atoms with van der Waals surface area (Å²) < 4.78 is 2.33. The number of fused-ring (bicyclic) bond motifs is 2. The molecule has 0 saturated heterocycles. The molecule has 1 aromatic heterocycles. The molecule has 156 valence electrons. The summed E-state index contributed by atoms with van der Waals surface area (Å²) in [6.45, 7) is 4.95. The number of carbonyl (C=O) groups is 1. The van der Waals surface area contributed by atoms with Gasteiger partial charge in [-0.2, -0.15) is 5.26 Å². The smallest absolute Gasteiger partial charge is 0.242 e. The summed E-state index contributed by atoms with van der Waals surface area (Å²) in [5, 5.41) is 23.1. The van der Waals surface area contributed by atoms with Gasteiger partial charge in [-0.15, -0.1) is 0 Å². The Balaban J connectivity index is 1.95. The van der Waals surface area contributed by atoms with Crippen LogP contribution < -0.4 is 10.7 Å². The van der Waals surface area contributed by atoms with E-state index in [9.17, 15) is 15.2 Å². The molecule has 1 N–H and O–H groups in total. The van der Waals surface area contributed by atoms with Crippen LogP contribution in [-0.2, 0) is 11.3 Å². The van der Waals surface area contributed by atoms with Gasteiger partial charge in [0.1, 0.15) is 18.2 Å². The van der Waals surface area contributed by atoms with E-state index in [4.69, 9.17) is 0 Å². The highest BCUT2D eigenvalue weighted by atomic mass is 79.9. The number of carbonyl (C=O) groups excluding carboxylic acids is 1. The Morgan fingerprint density at radius 2 is 1.81 bits per heavy atom. The number of hydrogen-bond acceptors (Lipinski definition) is 5. The van der Waals surface area contributed by atoms with Crippen LogP contribution in [0.15, 0.2) is 62.7 Å². The monoisotopic (exact) mass is 477 g/mol. The van der Waals surface area contributed by atoms with Crippen LogP contribution in [0.2, 0.25) is 0 Å². The maximum absolute atomic E-state index is 12.8. The average Bonchev–Trinajstić information content (AvgIpc) is 3.30. The minimum atomic E-state index is -0.154.